The maximum Gasteiger partial charge on any atom is 0.324 e. The largest absolute Gasteiger partial charge is 0.337 e. The van der Waals surface area contributed by atoms with Crippen LogP contribution in [0.1, 0.15) is 5.69 Å². The maximum absolute atomic E-state index is 11.5. The van der Waals surface area contributed by atoms with Crippen LogP contribution in [0.3, 0.4) is 0 Å². The Hall–Kier alpha value is -1.02. The van der Waals surface area contributed by atoms with Crippen LogP contribution >= 0.6 is 11.9 Å². The number of urea groups is 1. The Morgan fingerprint density at radius 2 is 2.50 bits per heavy atom. The molecular weight excluding hydrogens is 248 g/mol. The molecule has 1 unspecified atom stereocenters. The minimum atomic E-state index is -0.990. The summed E-state index contributed by atoms with van der Waals surface area (Å²) in [6.07, 6.45) is 3.38. The van der Waals surface area contributed by atoms with Crippen molar-refractivity contribution in [2.75, 3.05) is 18.6 Å². The summed E-state index contributed by atoms with van der Waals surface area (Å²) >= 11 is 1.22. The molecule has 2 amide bonds. The lowest BCUT2D eigenvalue weighted by Crippen LogP contribution is -2.33. The third-order valence-electron chi connectivity index (χ3n) is 1.68. The quantitative estimate of drug-likeness (QED) is 0.641. The van der Waals surface area contributed by atoms with E-state index in [0.717, 1.165) is 5.69 Å². The van der Waals surface area contributed by atoms with Crippen LogP contribution in [0.4, 0.5) is 4.79 Å². The van der Waals surface area contributed by atoms with E-state index in [1.54, 1.807) is 18.5 Å². The van der Waals surface area contributed by atoms with Gasteiger partial charge in [-0.25, -0.2) is 4.79 Å². The summed E-state index contributed by atoms with van der Waals surface area (Å²) in [5, 5.41) is 9.11. The first-order valence-corrected chi connectivity index (χ1v) is 7.33. The van der Waals surface area contributed by atoms with Crippen molar-refractivity contribution in [3.8, 4) is 0 Å². The van der Waals surface area contributed by atoms with Gasteiger partial charge in [-0.05, 0) is 6.07 Å². The molecule has 1 aromatic heterocycles. The number of carbonyl (C=O) groups is 1. The zero-order valence-electron chi connectivity index (χ0n) is 8.86. The van der Waals surface area contributed by atoms with Gasteiger partial charge in [0.25, 0.3) is 0 Å². The van der Waals surface area contributed by atoms with E-state index in [1.165, 1.54) is 11.9 Å². The lowest BCUT2D eigenvalue weighted by Gasteiger charge is -2.04. The smallest absolute Gasteiger partial charge is 0.324 e. The molecule has 1 atom stereocenters. The summed E-state index contributed by atoms with van der Waals surface area (Å²) in [6.45, 7) is 0.396. The molecular formula is C8H14N4O2S2. The van der Waals surface area contributed by atoms with Crippen LogP contribution in [-0.4, -0.2) is 39.0 Å². The molecule has 0 radical (unpaired) electrons. The average Bonchev–Trinajstić information content (AvgIpc) is 2.70. The molecule has 16 heavy (non-hydrogen) atoms. The highest BCUT2D eigenvalue weighted by Crippen LogP contribution is 1.97. The number of H-pyrrole nitrogens is 1. The summed E-state index contributed by atoms with van der Waals surface area (Å²) in [6, 6.07) is 1.53. The van der Waals surface area contributed by atoms with Gasteiger partial charge in [-0.2, -0.15) is 5.10 Å². The van der Waals surface area contributed by atoms with Gasteiger partial charge < -0.3 is 5.32 Å². The maximum atomic E-state index is 11.5. The fourth-order valence-corrected chi connectivity index (χ4v) is 2.26. The molecule has 0 bridgehead atoms. The molecule has 1 aromatic rings. The standard InChI is InChI=1S/C8H14N4O2S2/c1-15-12-8(13)9-4-5-16(14)6-7-2-3-10-11-7/h2-3H,4-6H2,1H3,(H,10,11)(H2,9,12,13). The van der Waals surface area contributed by atoms with Crippen molar-refractivity contribution in [1.29, 1.82) is 0 Å². The fourth-order valence-electron chi connectivity index (χ4n) is 1.02. The van der Waals surface area contributed by atoms with Crippen LogP contribution < -0.4 is 10.0 Å². The van der Waals surface area contributed by atoms with Crippen LogP contribution in [0, 0.1) is 0 Å². The fraction of sp³-hybridized carbons (Fsp3) is 0.500. The summed E-state index contributed by atoms with van der Waals surface area (Å²) in [7, 11) is -0.990. The second-order valence-corrected chi connectivity index (χ2v) is 5.12. The third-order valence-corrected chi connectivity index (χ3v) is 3.37. The molecule has 0 aromatic carbocycles. The highest BCUT2D eigenvalue weighted by Gasteiger charge is 2.04. The molecule has 0 aliphatic heterocycles. The van der Waals surface area contributed by atoms with E-state index >= 15 is 0 Å². The number of aromatic nitrogens is 2. The van der Waals surface area contributed by atoms with E-state index in [9.17, 15) is 9.00 Å². The third kappa shape index (κ3) is 5.17. The predicted molar refractivity (Wildman–Crippen MR) is 65.4 cm³/mol. The Morgan fingerprint density at radius 1 is 1.69 bits per heavy atom. The van der Waals surface area contributed by atoms with Crippen molar-refractivity contribution in [2.24, 2.45) is 0 Å². The van der Waals surface area contributed by atoms with E-state index in [-0.39, 0.29) is 6.03 Å². The van der Waals surface area contributed by atoms with Crippen LogP contribution in [-0.2, 0) is 16.6 Å². The minimum Gasteiger partial charge on any atom is -0.337 e. The van der Waals surface area contributed by atoms with Crippen LogP contribution in [0.25, 0.3) is 0 Å². The van der Waals surface area contributed by atoms with Crippen LogP contribution in [0.15, 0.2) is 12.3 Å². The van der Waals surface area contributed by atoms with Crippen LogP contribution in [0.2, 0.25) is 0 Å². The van der Waals surface area contributed by atoms with Crippen LogP contribution in [0.5, 0.6) is 0 Å². The van der Waals surface area contributed by atoms with Crippen molar-refractivity contribution in [2.45, 2.75) is 5.75 Å². The lowest BCUT2D eigenvalue weighted by molar-refractivity contribution is 0.247. The normalized spacial score (nSPS) is 12.1. The monoisotopic (exact) mass is 262 g/mol. The molecule has 0 spiro atoms. The van der Waals surface area contributed by atoms with E-state index in [4.69, 9.17) is 0 Å². The van der Waals surface area contributed by atoms with Crippen molar-refractivity contribution < 1.29 is 9.00 Å². The predicted octanol–water partition coefficient (Wildman–Crippen LogP) is 0.236. The summed E-state index contributed by atoms with van der Waals surface area (Å²) in [4.78, 5) is 11.0. The van der Waals surface area contributed by atoms with Crippen molar-refractivity contribution >= 4 is 28.8 Å². The molecule has 1 heterocycles. The first-order valence-electron chi connectivity index (χ1n) is 4.62. The molecule has 0 aliphatic carbocycles. The molecule has 0 aliphatic rings. The number of nitrogens with zero attached hydrogens (tertiary/aromatic N) is 1. The molecule has 90 valence electrons. The second kappa shape index (κ2) is 7.29. The number of carbonyl (C=O) groups excluding carboxylic acids is 1. The highest BCUT2D eigenvalue weighted by molar-refractivity contribution is 7.97. The molecule has 3 N–H and O–H groups in total. The topological polar surface area (TPSA) is 86.9 Å². The number of aromatic amines is 1. The number of hydrogen-bond donors (Lipinski definition) is 3. The van der Waals surface area contributed by atoms with E-state index in [2.05, 4.69) is 20.2 Å². The molecule has 0 fully saturated rings. The number of nitrogens with one attached hydrogen (secondary N) is 3. The van der Waals surface area contributed by atoms with Gasteiger partial charge in [0.2, 0.25) is 0 Å². The van der Waals surface area contributed by atoms with Crippen molar-refractivity contribution in [1.82, 2.24) is 20.2 Å². The highest BCUT2D eigenvalue weighted by atomic mass is 32.2. The molecule has 6 nitrogen and oxygen atoms in total. The Balaban J connectivity index is 2.13. The van der Waals surface area contributed by atoms with Gasteiger partial charge in [-0.1, -0.05) is 11.9 Å². The van der Waals surface area contributed by atoms with Gasteiger partial charge in [-0.3, -0.25) is 14.0 Å². The van der Waals surface area contributed by atoms with Gasteiger partial charge in [0.15, 0.2) is 0 Å². The SMILES string of the molecule is CSNC(=O)NCCS(=O)Cc1ccn[nH]1. The summed E-state index contributed by atoms with van der Waals surface area (Å²) in [5.74, 6) is 0.868. The van der Waals surface area contributed by atoms with Gasteiger partial charge in [-0.15, -0.1) is 0 Å². The second-order valence-electron chi connectivity index (χ2n) is 2.93. The van der Waals surface area contributed by atoms with E-state index in [1.807, 2.05) is 0 Å². The zero-order valence-corrected chi connectivity index (χ0v) is 10.5. The Labute approximate surface area is 101 Å². The molecule has 0 saturated heterocycles. The molecule has 1 rings (SSSR count). The number of rotatable bonds is 6. The van der Waals surface area contributed by atoms with Crippen molar-refractivity contribution in [3.63, 3.8) is 0 Å². The number of amides is 2. The summed E-state index contributed by atoms with van der Waals surface area (Å²) in [5.41, 5.74) is 0.840. The molecule has 8 heteroatoms. The summed E-state index contributed by atoms with van der Waals surface area (Å²) < 4.78 is 14.1. The van der Waals surface area contributed by atoms with E-state index in [0.29, 0.717) is 18.1 Å². The average molecular weight is 262 g/mol. The first kappa shape index (κ1) is 13.0. The van der Waals surface area contributed by atoms with Gasteiger partial charge in [0.05, 0.1) is 5.75 Å². The Morgan fingerprint density at radius 3 is 3.12 bits per heavy atom. The van der Waals surface area contributed by atoms with Gasteiger partial charge in [0, 0.05) is 41.2 Å². The number of hydrogen-bond acceptors (Lipinski definition) is 4. The minimum absolute atomic E-state index is 0.258. The Bertz CT molecular complexity index is 342. The zero-order chi connectivity index (χ0) is 11.8. The van der Waals surface area contributed by atoms with E-state index < -0.39 is 10.8 Å². The lowest BCUT2D eigenvalue weighted by atomic mass is 10.5. The van der Waals surface area contributed by atoms with Gasteiger partial charge in [0.1, 0.15) is 0 Å². The van der Waals surface area contributed by atoms with Gasteiger partial charge >= 0.3 is 6.03 Å². The Kier molecular flexibility index (Phi) is 5.94. The first-order chi connectivity index (χ1) is 7.72. The molecule has 0 saturated carbocycles. The van der Waals surface area contributed by atoms with Crippen molar-refractivity contribution in [3.05, 3.63) is 18.0 Å².